The van der Waals surface area contributed by atoms with E-state index in [0.717, 1.165) is 5.56 Å². The Bertz CT molecular complexity index is 1120. The van der Waals surface area contributed by atoms with Crippen molar-refractivity contribution < 1.29 is 13.2 Å². The second-order valence-electron chi connectivity index (χ2n) is 6.43. The number of nitrogens with zero attached hydrogens (tertiary/aromatic N) is 2. The van der Waals surface area contributed by atoms with Crippen LogP contribution in [0, 0.1) is 0 Å². The first-order chi connectivity index (χ1) is 14.4. The highest BCUT2D eigenvalue weighted by Crippen LogP contribution is 2.21. The molecule has 2 aromatic carbocycles. The SMILES string of the molecule is C=CCN(Cc1ccc(C(=O)Nc2cccnc2)cc1)S(=O)(=O)c1ccc(Cl)cc1. The van der Waals surface area contributed by atoms with Crippen molar-refractivity contribution in [3.05, 3.63) is 102 Å². The van der Waals surface area contributed by atoms with E-state index in [1.54, 1.807) is 48.8 Å². The molecule has 0 saturated heterocycles. The molecule has 0 radical (unpaired) electrons. The number of aromatic nitrogens is 1. The van der Waals surface area contributed by atoms with Crippen LogP contribution in [0.2, 0.25) is 5.02 Å². The van der Waals surface area contributed by atoms with Gasteiger partial charge in [-0.25, -0.2) is 8.42 Å². The molecule has 0 unspecified atom stereocenters. The lowest BCUT2D eigenvalue weighted by molar-refractivity contribution is 0.102. The summed E-state index contributed by atoms with van der Waals surface area (Å²) >= 11 is 5.86. The van der Waals surface area contributed by atoms with Crippen molar-refractivity contribution in [1.29, 1.82) is 0 Å². The number of pyridine rings is 1. The number of rotatable bonds is 8. The second-order valence-corrected chi connectivity index (χ2v) is 8.81. The number of benzene rings is 2. The van der Waals surface area contributed by atoms with Crippen LogP contribution in [0.5, 0.6) is 0 Å². The molecule has 1 amide bonds. The third-order valence-electron chi connectivity index (χ3n) is 4.28. The van der Waals surface area contributed by atoms with E-state index in [4.69, 9.17) is 11.6 Å². The summed E-state index contributed by atoms with van der Waals surface area (Å²) in [4.78, 5) is 16.5. The predicted octanol–water partition coefficient (Wildman–Crippen LogP) is 4.36. The van der Waals surface area contributed by atoms with Gasteiger partial charge in [-0.3, -0.25) is 9.78 Å². The molecule has 0 aliphatic carbocycles. The largest absolute Gasteiger partial charge is 0.321 e. The minimum Gasteiger partial charge on any atom is -0.321 e. The standard InChI is InChI=1S/C22H20ClN3O3S/c1-2-14-26(30(28,29)21-11-9-19(23)10-12-21)16-17-5-7-18(8-6-17)22(27)25-20-4-3-13-24-15-20/h2-13,15H,1,14,16H2,(H,25,27). The third kappa shape index (κ3) is 5.33. The van der Waals surface area contributed by atoms with Gasteiger partial charge in [-0.1, -0.05) is 29.8 Å². The number of sulfonamides is 1. The average Bonchev–Trinajstić information content (AvgIpc) is 2.75. The number of nitrogens with one attached hydrogen (secondary N) is 1. The maximum absolute atomic E-state index is 13.0. The van der Waals surface area contributed by atoms with Gasteiger partial charge in [0.2, 0.25) is 10.0 Å². The number of halogens is 1. The van der Waals surface area contributed by atoms with Crippen molar-refractivity contribution in [2.24, 2.45) is 0 Å². The summed E-state index contributed by atoms with van der Waals surface area (Å²) in [5, 5.41) is 3.22. The van der Waals surface area contributed by atoms with Crippen LogP contribution < -0.4 is 5.32 Å². The van der Waals surface area contributed by atoms with E-state index in [9.17, 15) is 13.2 Å². The monoisotopic (exact) mass is 441 g/mol. The molecule has 3 rings (SSSR count). The average molecular weight is 442 g/mol. The normalized spacial score (nSPS) is 11.3. The summed E-state index contributed by atoms with van der Waals surface area (Å²) in [5.74, 6) is -0.272. The van der Waals surface area contributed by atoms with Crippen molar-refractivity contribution in [3.63, 3.8) is 0 Å². The molecule has 3 aromatic rings. The number of anilines is 1. The van der Waals surface area contributed by atoms with Gasteiger partial charge in [0.05, 0.1) is 16.8 Å². The number of amides is 1. The molecular weight excluding hydrogens is 422 g/mol. The molecular formula is C22H20ClN3O3S. The van der Waals surface area contributed by atoms with Crippen molar-refractivity contribution >= 4 is 33.2 Å². The van der Waals surface area contributed by atoms with Crippen molar-refractivity contribution in [3.8, 4) is 0 Å². The molecule has 6 nitrogen and oxygen atoms in total. The summed E-state index contributed by atoms with van der Waals surface area (Å²) in [6, 6.07) is 16.3. The summed E-state index contributed by atoms with van der Waals surface area (Å²) in [7, 11) is -3.73. The van der Waals surface area contributed by atoms with Crippen LogP contribution >= 0.6 is 11.6 Å². The lowest BCUT2D eigenvalue weighted by atomic mass is 10.1. The zero-order valence-electron chi connectivity index (χ0n) is 16.0. The van der Waals surface area contributed by atoms with Crippen LogP contribution in [0.15, 0.2) is 90.6 Å². The first kappa shape index (κ1) is 21.7. The third-order valence-corrected chi connectivity index (χ3v) is 6.36. The van der Waals surface area contributed by atoms with Crippen LogP contribution in [-0.4, -0.2) is 30.2 Å². The van der Waals surface area contributed by atoms with Gasteiger partial charge in [-0.2, -0.15) is 4.31 Å². The zero-order valence-corrected chi connectivity index (χ0v) is 17.6. The van der Waals surface area contributed by atoms with Crippen LogP contribution in [0.25, 0.3) is 0 Å². The number of carbonyl (C=O) groups excluding carboxylic acids is 1. The Kier molecular flexibility index (Phi) is 6.99. The fourth-order valence-electron chi connectivity index (χ4n) is 2.75. The zero-order chi connectivity index (χ0) is 21.6. The topological polar surface area (TPSA) is 79.4 Å². The fourth-order valence-corrected chi connectivity index (χ4v) is 4.28. The molecule has 0 bridgehead atoms. The smallest absolute Gasteiger partial charge is 0.255 e. The van der Waals surface area contributed by atoms with Gasteiger partial charge >= 0.3 is 0 Å². The molecule has 8 heteroatoms. The maximum Gasteiger partial charge on any atom is 0.255 e. The Morgan fingerprint density at radius 1 is 1.10 bits per heavy atom. The molecule has 0 atom stereocenters. The lowest BCUT2D eigenvalue weighted by Gasteiger charge is -2.21. The van der Waals surface area contributed by atoms with E-state index in [1.807, 2.05) is 0 Å². The molecule has 0 saturated carbocycles. The van der Waals surface area contributed by atoms with E-state index in [-0.39, 0.29) is 23.9 Å². The summed E-state index contributed by atoms with van der Waals surface area (Å²) < 4.78 is 27.3. The minimum atomic E-state index is -3.73. The van der Waals surface area contributed by atoms with E-state index in [1.165, 1.54) is 34.6 Å². The minimum absolute atomic E-state index is 0.140. The Hall–Kier alpha value is -3.00. The summed E-state index contributed by atoms with van der Waals surface area (Å²) in [6.45, 7) is 3.94. The molecule has 1 aromatic heterocycles. The second kappa shape index (κ2) is 9.67. The fraction of sp³-hybridized carbons (Fsp3) is 0.0909. The van der Waals surface area contributed by atoms with Crippen LogP contribution in [0.4, 0.5) is 5.69 Å². The predicted molar refractivity (Wildman–Crippen MR) is 118 cm³/mol. The summed E-state index contributed by atoms with van der Waals surface area (Å²) in [5.41, 5.74) is 1.79. The first-order valence-electron chi connectivity index (χ1n) is 9.07. The van der Waals surface area contributed by atoms with Gasteiger partial charge < -0.3 is 5.32 Å². The first-order valence-corrected chi connectivity index (χ1v) is 10.9. The number of hydrogen-bond acceptors (Lipinski definition) is 4. The van der Waals surface area contributed by atoms with Crippen molar-refractivity contribution in [2.75, 3.05) is 11.9 Å². The molecule has 0 aliphatic rings. The number of carbonyl (C=O) groups is 1. The van der Waals surface area contributed by atoms with E-state index in [2.05, 4.69) is 16.9 Å². The van der Waals surface area contributed by atoms with Gasteiger partial charge in [0.1, 0.15) is 0 Å². The highest BCUT2D eigenvalue weighted by molar-refractivity contribution is 7.89. The Morgan fingerprint density at radius 2 is 1.80 bits per heavy atom. The van der Waals surface area contributed by atoms with Gasteiger partial charge in [0, 0.05) is 29.9 Å². The Morgan fingerprint density at radius 3 is 2.40 bits per heavy atom. The molecule has 1 heterocycles. The molecule has 30 heavy (non-hydrogen) atoms. The van der Waals surface area contributed by atoms with Crippen LogP contribution in [0.1, 0.15) is 15.9 Å². The Labute approximate surface area is 180 Å². The van der Waals surface area contributed by atoms with Gasteiger partial charge in [-0.15, -0.1) is 6.58 Å². The van der Waals surface area contributed by atoms with E-state index < -0.39 is 10.0 Å². The highest BCUT2D eigenvalue weighted by atomic mass is 35.5. The van der Waals surface area contributed by atoms with Gasteiger partial charge in [0.15, 0.2) is 0 Å². The maximum atomic E-state index is 13.0. The molecule has 0 aliphatic heterocycles. The molecule has 0 spiro atoms. The van der Waals surface area contributed by atoms with Crippen LogP contribution in [-0.2, 0) is 16.6 Å². The Balaban J connectivity index is 1.75. The lowest BCUT2D eigenvalue weighted by Crippen LogP contribution is -2.30. The van der Waals surface area contributed by atoms with Crippen LogP contribution in [0.3, 0.4) is 0 Å². The highest BCUT2D eigenvalue weighted by Gasteiger charge is 2.23. The van der Waals surface area contributed by atoms with E-state index >= 15 is 0 Å². The van der Waals surface area contributed by atoms with Gasteiger partial charge in [0.25, 0.3) is 5.91 Å². The molecule has 154 valence electrons. The summed E-state index contributed by atoms with van der Waals surface area (Å²) in [6.07, 6.45) is 4.71. The van der Waals surface area contributed by atoms with Gasteiger partial charge in [-0.05, 0) is 54.1 Å². The van der Waals surface area contributed by atoms with Crippen molar-refractivity contribution in [1.82, 2.24) is 9.29 Å². The van der Waals surface area contributed by atoms with Crippen molar-refractivity contribution in [2.45, 2.75) is 11.4 Å². The molecule has 1 N–H and O–H groups in total. The molecule has 0 fully saturated rings. The number of hydrogen-bond donors (Lipinski definition) is 1. The quantitative estimate of drug-likeness (QED) is 0.526. The van der Waals surface area contributed by atoms with E-state index in [0.29, 0.717) is 16.3 Å².